The lowest BCUT2D eigenvalue weighted by molar-refractivity contribution is 1.45. The molecule has 0 aliphatic rings. The summed E-state index contributed by atoms with van der Waals surface area (Å²) in [5.41, 5.74) is 3.17. The van der Waals surface area contributed by atoms with Gasteiger partial charge < -0.3 is 0 Å². The van der Waals surface area contributed by atoms with Gasteiger partial charge in [-0.05, 0) is 54.0 Å². The molecule has 0 saturated carbocycles. The monoisotopic (exact) mass is 436 g/mol. The number of benzene rings is 3. The highest BCUT2D eigenvalue weighted by Gasteiger charge is 2.07. The van der Waals surface area contributed by atoms with Gasteiger partial charge in [-0.2, -0.15) is 10.5 Å². The number of allylic oxidation sites excluding steroid dienone is 3. The molecule has 150 valence electrons. The molecule has 3 rings (SSSR count). The third-order valence-corrected chi connectivity index (χ3v) is 6.77. The Bertz CT molecular complexity index is 1120. The van der Waals surface area contributed by atoms with Crippen molar-refractivity contribution in [3.05, 3.63) is 118 Å². The Morgan fingerprint density at radius 1 is 0.710 bits per heavy atom. The number of nitriles is 2. The Labute approximate surface area is 192 Å². The van der Waals surface area contributed by atoms with E-state index in [9.17, 15) is 0 Å². The molecule has 0 heterocycles. The maximum absolute atomic E-state index is 8.89. The van der Waals surface area contributed by atoms with E-state index in [0.29, 0.717) is 0 Å². The molecule has 4 heteroatoms. The normalized spacial score (nSPS) is 10.2. The Morgan fingerprint density at radius 2 is 1.19 bits per heavy atom. The Kier molecular flexibility index (Phi) is 8.38. The smallest absolute Gasteiger partial charge is 0.130 e. The summed E-state index contributed by atoms with van der Waals surface area (Å²) in [7, 11) is 0. The second-order valence-corrected chi connectivity index (χ2v) is 9.01. The first-order chi connectivity index (χ1) is 15.2. The minimum Gasteiger partial charge on any atom is -0.192 e. The summed E-state index contributed by atoms with van der Waals surface area (Å²) in [4.78, 5) is 2.41. The average molecular weight is 437 g/mol. The molecule has 0 aromatic heterocycles. The second-order valence-electron chi connectivity index (χ2n) is 6.58. The van der Waals surface area contributed by atoms with E-state index >= 15 is 0 Å². The van der Waals surface area contributed by atoms with Gasteiger partial charge in [-0.1, -0.05) is 96.3 Å². The molecule has 0 aliphatic heterocycles. The number of nitrogens with zero attached hydrogens (tertiary/aromatic N) is 2. The van der Waals surface area contributed by atoms with Gasteiger partial charge in [0.25, 0.3) is 0 Å². The van der Waals surface area contributed by atoms with Gasteiger partial charge in [0.15, 0.2) is 0 Å². The standard InChI is InChI=1S/C27H20N2S2/c1-21(12-13-22-14-16-23(17-15-22)18-24(19-28)20-29)27(30-25-8-4-2-5-9-25)31-26-10-6-3-7-11-26/h2-18H,1H3/b13-12+. The number of thioether (sulfide) groups is 2. The first-order valence-corrected chi connectivity index (χ1v) is 11.3. The fourth-order valence-electron chi connectivity index (χ4n) is 2.62. The van der Waals surface area contributed by atoms with Gasteiger partial charge in [0, 0.05) is 9.79 Å². The molecule has 0 amide bonds. The first-order valence-electron chi connectivity index (χ1n) is 9.64. The van der Waals surface area contributed by atoms with Crippen LogP contribution in [-0.2, 0) is 0 Å². The van der Waals surface area contributed by atoms with Crippen LogP contribution in [0.15, 0.2) is 116 Å². The van der Waals surface area contributed by atoms with Crippen molar-refractivity contribution in [2.45, 2.75) is 16.7 Å². The van der Waals surface area contributed by atoms with Crippen molar-refractivity contribution in [3.63, 3.8) is 0 Å². The van der Waals surface area contributed by atoms with Crippen LogP contribution in [0.25, 0.3) is 12.2 Å². The van der Waals surface area contributed by atoms with Crippen LogP contribution >= 0.6 is 23.5 Å². The van der Waals surface area contributed by atoms with E-state index in [2.05, 4.69) is 67.6 Å². The van der Waals surface area contributed by atoms with Crippen LogP contribution in [0.3, 0.4) is 0 Å². The van der Waals surface area contributed by atoms with Crippen molar-refractivity contribution in [1.82, 2.24) is 0 Å². The Morgan fingerprint density at radius 3 is 1.68 bits per heavy atom. The van der Waals surface area contributed by atoms with Crippen LogP contribution in [-0.4, -0.2) is 0 Å². The molecule has 0 radical (unpaired) electrons. The summed E-state index contributed by atoms with van der Waals surface area (Å²) in [5, 5.41) is 17.8. The zero-order valence-corrected chi connectivity index (χ0v) is 18.7. The lowest BCUT2D eigenvalue weighted by atomic mass is 10.1. The molecule has 3 aromatic carbocycles. The van der Waals surface area contributed by atoms with Crippen LogP contribution < -0.4 is 0 Å². The topological polar surface area (TPSA) is 47.6 Å². The summed E-state index contributed by atoms with van der Waals surface area (Å²) < 4.78 is 1.22. The van der Waals surface area contributed by atoms with E-state index < -0.39 is 0 Å². The third kappa shape index (κ3) is 7.08. The SMILES string of the molecule is CC(/C=C/c1ccc(C=C(C#N)C#N)cc1)=C(Sc1ccccc1)Sc1ccccc1. The molecule has 2 nitrogen and oxygen atoms in total. The summed E-state index contributed by atoms with van der Waals surface area (Å²) >= 11 is 3.53. The van der Waals surface area contributed by atoms with Gasteiger partial charge in [0.2, 0.25) is 0 Å². The lowest BCUT2D eigenvalue weighted by Gasteiger charge is -2.10. The minimum atomic E-state index is 0.0996. The zero-order valence-electron chi connectivity index (χ0n) is 17.0. The average Bonchev–Trinajstić information content (AvgIpc) is 2.82. The predicted octanol–water partition coefficient (Wildman–Crippen LogP) is 7.95. The molecule has 0 atom stereocenters. The van der Waals surface area contributed by atoms with E-state index in [0.717, 1.165) is 11.1 Å². The highest BCUT2D eigenvalue weighted by Crippen LogP contribution is 2.41. The van der Waals surface area contributed by atoms with Gasteiger partial charge in [-0.25, -0.2) is 0 Å². The molecule has 0 unspecified atom stereocenters. The second kappa shape index (κ2) is 11.7. The summed E-state index contributed by atoms with van der Waals surface area (Å²) in [6, 6.07) is 32.3. The van der Waals surface area contributed by atoms with Crippen molar-refractivity contribution in [1.29, 1.82) is 10.5 Å². The number of hydrogen-bond donors (Lipinski definition) is 0. The molecular formula is C27H20N2S2. The van der Waals surface area contributed by atoms with Crippen molar-refractivity contribution in [2.24, 2.45) is 0 Å². The summed E-state index contributed by atoms with van der Waals surface area (Å²) in [6.45, 7) is 2.13. The summed E-state index contributed by atoms with van der Waals surface area (Å²) in [5.74, 6) is 0. The largest absolute Gasteiger partial charge is 0.192 e. The van der Waals surface area contributed by atoms with Crippen LogP contribution in [0.4, 0.5) is 0 Å². The van der Waals surface area contributed by atoms with Gasteiger partial charge in [0.05, 0.1) is 4.24 Å². The predicted molar refractivity (Wildman–Crippen MR) is 132 cm³/mol. The van der Waals surface area contributed by atoms with Gasteiger partial charge in [-0.3, -0.25) is 0 Å². The minimum absolute atomic E-state index is 0.0996. The van der Waals surface area contributed by atoms with E-state index in [1.54, 1.807) is 29.6 Å². The molecule has 3 aromatic rings. The van der Waals surface area contributed by atoms with E-state index in [-0.39, 0.29) is 5.57 Å². The van der Waals surface area contributed by atoms with E-state index in [1.807, 2.05) is 48.5 Å². The molecule has 0 fully saturated rings. The number of hydrogen-bond acceptors (Lipinski definition) is 4. The van der Waals surface area contributed by atoms with Crippen LogP contribution in [0, 0.1) is 22.7 Å². The molecule has 0 bridgehead atoms. The van der Waals surface area contributed by atoms with Crippen LogP contribution in [0.5, 0.6) is 0 Å². The number of rotatable bonds is 7. The van der Waals surface area contributed by atoms with Crippen molar-refractivity contribution < 1.29 is 0 Å². The van der Waals surface area contributed by atoms with Gasteiger partial charge in [0.1, 0.15) is 17.7 Å². The fraction of sp³-hybridized carbons (Fsp3) is 0.0370. The maximum atomic E-state index is 8.89. The first kappa shape index (κ1) is 22.2. The summed E-state index contributed by atoms with van der Waals surface area (Å²) in [6.07, 6.45) is 5.79. The fourth-order valence-corrected chi connectivity index (χ4v) is 4.84. The van der Waals surface area contributed by atoms with E-state index in [4.69, 9.17) is 10.5 Å². The van der Waals surface area contributed by atoms with Crippen LogP contribution in [0.2, 0.25) is 0 Å². The van der Waals surface area contributed by atoms with E-state index in [1.165, 1.54) is 19.6 Å². The van der Waals surface area contributed by atoms with Gasteiger partial charge >= 0.3 is 0 Å². The van der Waals surface area contributed by atoms with Crippen molar-refractivity contribution in [2.75, 3.05) is 0 Å². The molecule has 31 heavy (non-hydrogen) atoms. The Balaban J connectivity index is 1.83. The van der Waals surface area contributed by atoms with Crippen molar-refractivity contribution >= 4 is 35.7 Å². The highest BCUT2D eigenvalue weighted by atomic mass is 32.2. The van der Waals surface area contributed by atoms with Crippen molar-refractivity contribution in [3.8, 4) is 12.1 Å². The maximum Gasteiger partial charge on any atom is 0.130 e. The molecule has 0 N–H and O–H groups in total. The highest BCUT2D eigenvalue weighted by molar-refractivity contribution is 8.22. The molecular weight excluding hydrogens is 416 g/mol. The Hall–Kier alpha value is -3.44. The van der Waals surface area contributed by atoms with Gasteiger partial charge in [-0.15, -0.1) is 0 Å². The molecule has 0 spiro atoms. The third-order valence-electron chi connectivity index (χ3n) is 4.24. The quantitative estimate of drug-likeness (QED) is 0.214. The molecule has 0 aliphatic carbocycles. The molecule has 0 saturated heterocycles. The lowest BCUT2D eigenvalue weighted by Crippen LogP contribution is -1.81. The zero-order chi connectivity index (χ0) is 21.9. The van der Waals surface area contributed by atoms with Crippen LogP contribution in [0.1, 0.15) is 18.1 Å².